The normalized spacial score (nSPS) is 49.8. The van der Waals surface area contributed by atoms with E-state index >= 15 is 0 Å². The zero-order valence-corrected chi connectivity index (χ0v) is 8.63. The van der Waals surface area contributed by atoms with Gasteiger partial charge in [0, 0.05) is 0 Å². The molecule has 0 spiro atoms. The Kier molecular flexibility index (Phi) is 1.60. The highest BCUT2D eigenvalue weighted by Crippen LogP contribution is 2.72. The van der Waals surface area contributed by atoms with Crippen LogP contribution in [0.15, 0.2) is 12.2 Å². The summed E-state index contributed by atoms with van der Waals surface area (Å²) in [6.45, 7) is 0. The van der Waals surface area contributed by atoms with Gasteiger partial charge in [0.05, 0.1) is 12.0 Å². The molecule has 0 unspecified atom stereocenters. The van der Waals surface area contributed by atoms with Crippen LogP contribution in [0.25, 0.3) is 0 Å². The molecule has 3 aliphatic carbocycles. The zero-order chi connectivity index (χ0) is 9.65. The number of nitriles is 1. The second kappa shape index (κ2) is 2.63. The minimum atomic E-state index is 0.368. The van der Waals surface area contributed by atoms with Crippen LogP contribution < -0.4 is 0 Å². The van der Waals surface area contributed by atoms with Gasteiger partial charge >= 0.3 is 0 Å². The van der Waals surface area contributed by atoms with E-state index in [1.54, 1.807) is 0 Å². The van der Waals surface area contributed by atoms with Crippen molar-refractivity contribution in [1.82, 2.24) is 0 Å². The highest BCUT2D eigenvalue weighted by Gasteiger charge is 2.65. The van der Waals surface area contributed by atoms with Crippen molar-refractivity contribution < 1.29 is 0 Å². The van der Waals surface area contributed by atoms with Crippen LogP contribution in [0, 0.1) is 28.1 Å². The molecule has 1 nitrogen and oxygen atoms in total. The van der Waals surface area contributed by atoms with E-state index in [0.29, 0.717) is 16.7 Å². The third-order valence-electron chi connectivity index (χ3n) is 5.16. The molecule has 3 atom stereocenters. The van der Waals surface area contributed by atoms with Crippen molar-refractivity contribution in [2.75, 3.05) is 0 Å². The maximum absolute atomic E-state index is 9.18. The first-order valence-corrected chi connectivity index (χ1v) is 5.88. The molecule has 3 rings (SSSR count). The second-order valence-corrected chi connectivity index (χ2v) is 5.41. The van der Waals surface area contributed by atoms with E-state index in [1.165, 1.54) is 44.9 Å². The summed E-state index contributed by atoms with van der Waals surface area (Å²) in [5.74, 6) is 0.368. The first kappa shape index (κ1) is 8.53. The Hall–Kier alpha value is -0.770. The van der Waals surface area contributed by atoms with Crippen molar-refractivity contribution in [2.24, 2.45) is 16.7 Å². The summed E-state index contributed by atoms with van der Waals surface area (Å²) < 4.78 is 0. The van der Waals surface area contributed by atoms with Crippen molar-refractivity contribution in [1.29, 1.82) is 5.26 Å². The summed E-state index contributed by atoms with van der Waals surface area (Å²) in [5, 5.41) is 9.18. The molecule has 74 valence electrons. The van der Waals surface area contributed by atoms with Gasteiger partial charge < -0.3 is 0 Å². The number of rotatable bonds is 0. The fourth-order valence-corrected chi connectivity index (χ4v) is 4.34. The van der Waals surface area contributed by atoms with Gasteiger partial charge in [0.2, 0.25) is 0 Å². The van der Waals surface area contributed by atoms with Crippen LogP contribution in [-0.2, 0) is 0 Å². The molecular formula is C13H17N. The predicted molar refractivity (Wildman–Crippen MR) is 55.4 cm³/mol. The summed E-state index contributed by atoms with van der Waals surface area (Å²) in [6, 6.07) is 2.55. The van der Waals surface area contributed by atoms with E-state index in [2.05, 4.69) is 18.2 Å². The van der Waals surface area contributed by atoms with Crippen LogP contribution in [0.2, 0.25) is 0 Å². The van der Waals surface area contributed by atoms with Crippen molar-refractivity contribution in [3.63, 3.8) is 0 Å². The van der Waals surface area contributed by atoms with Crippen LogP contribution in [0.5, 0.6) is 0 Å². The van der Waals surface area contributed by atoms with Gasteiger partial charge in [0.15, 0.2) is 0 Å². The zero-order valence-electron chi connectivity index (χ0n) is 8.63. The van der Waals surface area contributed by atoms with Crippen molar-refractivity contribution in [3.05, 3.63) is 12.2 Å². The molecule has 3 aliphatic rings. The van der Waals surface area contributed by atoms with Crippen LogP contribution in [0.3, 0.4) is 0 Å². The maximum atomic E-state index is 9.18. The number of hydrogen-bond acceptors (Lipinski definition) is 1. The molecule has 2 saturated carbocycles. The lowest BCUT2D eigenvalue weighted by Crippen LogP contribution is -2.60. The molecule has 1 heteroatoms. The van der Waals surface area contributed by atoms with Gasteiger partial charge in [-0.05, 0) is 42.9 Å². The molecule has 0 heterocycles. The van der Waals surface area contributed by atoms with Crippen molar-refractivity contribution in [3.8, 4) is 6.07 Å². The summed E-state index contributed by atoms with van der Waals surface area (Å²) in [6.07, 6.45) is 13.8. The standard InChI is InChI=1S/C13H17N/c14-10-11-9-12-5-1-3-7-13(11,12)8-4-2-6-12/h1,3,11H,2,4-9H2/t11-,12-,13+/m1/s1. The molecule has 0 saturated heterocycles. The van der Waals surface area contributed by atoms with E-state index in [9.17, 15) is 5.26 Å². The Morgan fingerprint density at radius 2 is 1.93 bits per heavy atom. The third-order valence-corrected chi connectivity index (χ3v) is 5.16. The Bertz CT molecular complexity index is 325. The molecular weight excluding hydrogens is 170 g/mol. The fourth-order valence-electron chi connectivity index (χ4n) is 4.34. The van der Waals surface area contributed by atoms with Crippen molar-refractivity contribution in [2.45, 2.75) is 44.9 Å². The highest BCUT2D eigenvalue weighted by atomic mass is 14.7. The first-order chi connectivity index (χ1) is 6.83. The quantitative estimate of drug-likeness (QED) is 0.533. The lowest BCUT2D eigenvalue weighted by atomic mass is 9.36. The molecule has 0 radical (unpaired) electrons. The van der Waals surface area contributed by atoms with E-state index in [1.807, 2.05) is 0 Å². The molecule has 0 amide bonds. The fraction of sp³-hybridized carbons (Fsp3) is 0.769. The summed E-state index contributed by atoms with van der Waals surface area (Å²) >= 11 is 0. The van der Waals surface area contributed by atoms with Crippen LogP contribution in [-0.4, -0.2) is 0 Å². The Balaban J connectivity index is 2.01. The molecule has 14 heavy (non-hydrogen) atoms. The minimum absolute atomic E-state index is 0.368. The average Bonchev–Trinajstić information content (AvgIpc) is 2.21. The average molecular weight is 187 g/mol. The Labute approximate surface area is 85.8 Å². The van der Waals surface area contributed by atoms with E-state index in [-0.39, 0.29) is 0 Å². The SMILES string of the molecule is N#C[C@H]1C[C@]23CC=CC[C@]12CCCC3. The van der Waals surface area contributed by atoms with E-state index in [4.69, 9.17) is 0 Å². The highest BCUT2D eigenvalue weighted by molar-refractivity contribution is 5.24. The third kappa shape index (κ3) is 0.764. The molecule has 0 aromatic carbocycles. The largest absolute Gasteiger partial charge is 0.198 e. The molecule has 0 N–H and O–H groups in total. The van der Waals surface area contributed by atoms with Gasteiger partial charge in [-0.15, -0.1) is 0 Å². The Morgan fingerprint density at radius 3 is 2.79 bits per heavy atom. The summed E-state index contributed by atoms with van der Waals surface area (Å²) in [4.78, 5) is 0. The lowest BCUT2D eigenvalue weighted by molar-refractivity contribution is -0.155. The van der Waals surface area contributed by atoms with E-state index < -0.39 is 0 Å². The topological polar surface area (TPSA) is 23.8 Å². The monoisotopic (exact) mass is 187 g/mol. The molecule has 0 bridgehead atoms. The summed E-state index contributed by atoms with van der Waals surface area (Å²) in [7, 11) is 0. The Morgan fingerprint density at radius 1 is 1.14 bits per heavy atom. The molecule has 0 aliphatic heterocycles. The van der Waals surface area contributed by atoms with E-state index in [0.717, 1.165) is 0 Å². The van der Waals surface area contributed by atoms with Crippen LogP contribution in [0.1, 0.15) is 44.9 Å². The van der Waals surface area contributed by atoms with Gasteiger partial charge in [0.1, 0.15) is 0 Å². The molecule has 2 fully saturated rings. The number of allylic oxidation sites excluding steroid dienone is 2. The molecule has 0 aromatic rings. The number of nitrogens with zero attached hydrogens (tertiary/aromatic N) is 1. The lowest BCUT2D eigenvalue weighted by Gasteiger charge is -2.66. The van der Waals surface area contributed by atoms with Gasteiger partial charge in [-0.2, -0.15) is 5.26 Å². The first-order valence-electron chi connectivity index (χ1n) is 5.88. The van der Waals surface area contributed by atoms with Crippen LogP contribution in [0.4, 0.5) is 0 Å². The van der Waals surface area contributed by atoms with Gasteiger partial charge in [-0.1, -0.05) is 25.0 Å². The molecule has 0 aromatic heterocycles. The smallest absolute Gasteiger partial charge is 0.0662 e. The minimum Gasteiger partial charge on any atom is -0.198 e. The second-order valence-electron chi connectivity index (χ2n) is 5.41. The van der Waals surface area contributed by atoms with Gasteiger partial charge in [0.25, 0.3) is 0 Å². The maximum Gasteiger partial charge on any atom is 0.0662 e. The predicted octanol–water partition coefficient (Wildman–Crippen LogP) is 3.43. The van der Waals surface area contributed by atoms with Gasteiger partial charge in [-0.25, -0.2) is 0 Å². The van der Waals surface area contributed by atoms with Crippen LogP contribution >= 0.6 is 0 Å². The van der Waals surface area contributed by atoms with Crippen molar-refractivity contribution >= 4 is 0 Å². The van der Waals surface area contributed by atoms with Gasteiger partial charge in [-0.3, -0.25) is 0 Å². The summed E-state index contributed by atoms with van der Waals surface area (Å²) in [5.41, 5.74) is 0.967. The number of hydrogen-bond donors (Lipinski definition) is 0.